The van der Waals surface area contributed by atoms with Crippen molar-refractivity contribution in [1.29, 1.82) is 0 Å². The van der Waals surface area contributed by atoms with Gasteiger partial charge in [0.05, 0.1) is 56.2 Å². The number of nitrogens with zero attached hydrogens (tertiary/aromatic N) is 4. The second-order valence-corrected chi connectivity index (χ2v) is 17.9. The van der Waals surface area contributed by atoms with Gasteiger partial charge in [-0.3, -0.25) is 0 Å². The van der Waals surface area contributed by atoms with Gasteiger partial charge in [0.15, 0.2) is 0 Å². The van der Waals surface area contributed by atoms with Crippen LogP contribution in [0, 0.1) is 11.6 Å². The number of hydrogen-bond acceptors (Lipinski definition) is 2. The highest BCUT2D eigenvalue weighted by Crippen LogP contribution is 2.51. The van der Waals surface area contributed by atoms with Crippen molar-refractivity contribution in [3.63, 3.8) is 0 Å². The molecule has 0 saturated heterocycles. The minimum atomic E-state index is -0.331. The van der Waals surface area contributed by atoms with Crippen LogP contribution in [0.15, 0.2) is 243 Å². The van der Waals surface area contributed by atoms with Crippen LogP contribution in [0.2, 0.25) is 0 Å². The van der Waals surface area contributed by atoms with Gasteiger partial charge in [-0.05, 0) is 119 Å². The van der Waals surface area contributed by atoms with E-state index in [0.717, 1.165) is 110 Å². The minimum absolute atomic E-state index is 0.331. The lowest BCUT2D eigenvalue weighted by Gasteiger charge is -2.30. The topological polar surface area (TPSA) is 16.3 Å². The zero-order valence-electron chi connectivity index (χ0n) is 37.6. The Balaban J connectivity index is 1.05. The van der Waals surface area contributed by atoms with Crippen molar-refractivity contribution >= 4 is 110 Å². The molecule has 2 aromatic heterocycles. The van der Waals surface area contributed by atoms with Crippen molar-refractivity contribution < 1.29 is 8.78 Å². The van der Waals surface area contributed by atoms with Crippen molar-refractivity contribution in [2.45, 2.75) is 0 Å². The van der Waals surface area contributed by atoms with Gasteiger partial charge in [-0.15, -0.1) is 0 Å². The molecule has 4 nitrogen and oxygen atoms in total. The predicted octanol–water partition coefficient (Wildman–Crippen LogP) is 18.0. The second kappa shape index (κ2) is 15.7. The molecule has 0 amide bonds. The molecular formula is C64H40F2N4. The Morgan fingerprint density at radius 3 is 1.04 bits per heavy atom. The quantitative estimate of drug-likeness (QED) is 0.141. The lowest BCUT2D eigenvalue weighted by atomic mass is 9.91. The van der Waals surface area contributed by atoms with Gasteiger partial charge in [-0.25, -0.2) is 8.78 Å². The van der Waals surface area contributed by atoms with Crippen LogP contribution in [-0.2, 0) is 0 Å². The van der Waals surface area contributed by atoms with E-state index < -0.39 is 0 Å². The highest BCUT2D eigenvalue weighted by Gasteiger charge is 2.28. The number of aromatic nitrogens is 2. The number of halogens is 2. The van der Waals surface area contributed by atoms with E-state index in [1.165, 1.54) is 12.1 Å². The molecule has 0 radical (unpaired) electrons. The summed E-state index contributed by atoms with van der Waals surface area (Å²) >= 11 is 0. The first-order chi connectivity index (χ1) is 34.6. The Morgan fingerprint density at radius 1 is 0.243 bits per heavy atom. The molecule has 2 heterocycles. The molecule has 330 valence electrons. The second-order valence-electron chi connectivity index (χ2n) is 17.9. The highest BCUT2D eigenvalue weighted by molar-refractivity contribution is 6.29. The summed E-state index contributed by atoms with van der Waals surface area (Å²) in [5, 5.41) is 10.3. The Hall–Kier alpha value is -9.26. The summed E-state index contributed by atoms with van der Waals surface area (Å²) in [6, 6.07) is 81.7. The Bertz CT molecular complexity index is 4070. The molecule has 70 heavy (non-hydrogen) atoms. The molecule has 0 aliphatic heterocycles. The van der Waals surface area contributed by atoms with E-state index in [0.29, 0.717) is 11.4 Å². The first kappa shape index (κ1) is 39.9. The smallest absolute Gasteiger partial charge is 0.147 e. The van der Waals surface area contributed by atoms with Gasteiger partial charge in [-0.2, -0.15) is 0 Å². The fourth-order valence-electron chi connectivity index (χ4n) is 11.3. The average molecular weight is 903 g/mol. The van der Waals surface area contributed by atoms with Gasteiger partial charge in [0.1, 0.15) is 11.6 Å². The van der Waals surface area contributed by atoms with E-state index in [1.54, 1.807) is 12.1 Å². The van der Waals surface area contributed by atoms with Crippen molar-refractivity contribution in [3.05, 3.63) is 254 Å². The number of anilines is 6. The van der Waals surface area contributed by atoms with Crippen LogP contribution in [0.1, 0.15) is 0 Å². The lowest BCUT2D eigenvalue weighted by molar-refractivity contribution is 0.628. The number of para-hydroxylation sites is 6. The standard InChI is InChI=1S/C64H40F2N4/c65-49-23-9-13-27-55(49)69(59-31-15-29-57-63(59)45-21-7-11-25-51(45)67(57)43-17-3-1-4-18-43)53-39-35-41-34-38-48-54(40-36-42-33-37-47(53)61(41)62(42)48)70(56-28-14-10-24-50(56)66)60-32-16-30-58-64(60)46-22-8-12-26-52(46)68(58)44-19-5-2-6-20-44/h1-40H. The van der Waals surface area contributed by atoms with Crippen LogP contribution in [0.3, 0.4) is 0 Å². The number of rotatable bonds is 8. The maximum atomic E-state index is 16.7. The van der Waals surface area contributed by atoms with Crippen LogP contribution in [0.25, 0.3) is 87.3 Å². The largest absolute Gasteiger partial charge is 0.309 e. The zero-order valence-corrected chi connectivity index (χ0v) is 37.6. The molecule has 6 heteroatoms. The van der Waals surface area contributed by atoms with E-state index in [4.69, 9.17) is 0 Å². The van der Waals surface area contributed by atoms with Gasteiger partial charge in [0.25, 0.3) is 0 Å². The van der Waals surface area contributed by atoms with Crippen LogP contribution < -0.4 is 9.80 Å². The first-order valence-corrected chi connectivity index (χ1v) is 23.6. The summed E-state index contributed by atoms with van der Waals surface area (Å²) in [6.45, 7) is 0. The van der Waals surface area contributed by atoms with Crippen LogP contribution in [0.5, 0.6) is 0 Å². The van der Waals surface area contributed by atoms with Gasteiger partial charge >= 0.3 is 0 Å². The molecule has 14 aromatic rings. The lowest BCUT2D eigenvalue weighted by Crippen LogP contribution is -2.13. The molecule has 0 spiro atoms. The molecule has 0 bridgehead atoms. The zero-order chi connectivity index (χ0) is 46.5. The molecule has 0 N–H and O–H groups in total. The Labute approximate surface area is 401 Å². The summed E-state index contributed by atoms with van der Waals surface area (Å²) < 4.78 is 38.0. The van der Waals surface area contributed by atoms with Crippen LogP contribution in [0.4, 0.5) is 42.9 Å². The van der Waals surface area contributed by atoms with E-state index in [1.807, 2.05) is 36.4 Å². The molecule has 12 aromatic carbocycles. The molecule has 0 unspecified atom stereocenters. The number of hydrogen-bond donors (Lipinski definition) is 0. The minimum Gasteiger partial charge on any atom is -0.309 e. The van der Waals surface area contributed by atoms with Gasteiger partial charge in [0.2, 0.25) is 0 Å². The Morgan fingerprint density at radius 2 is 0.600 bits per heavy atom. The third-order valence-corrected chi connectivity index (χ3v) is 14.1. The number of benzene rings is 12. The molecule has 0 aliphatic rings. The third-order valence-electron chi connectivity index (χ3n) is 14.1. The monoisotopic (exact) mass is 902 g/mol. The normalized spacial score (nSPS) is 11.9. The van der Waals surface area contributed by atoms with E-state index in [-0.39, 0.29) is 11.6 Å². The maximum Gasteiger partial charge on any atom is 0.147 e. The highest BCUT2D eigenvalue weighted by atomic mass is 19.1. The van der Waals surface area contributed by atoms with E-state index in [2.05, 4.69) is 201 Å². The molecule has 0 fully saturated rings. The summed E-state index contributed by atoms with van der Waals surface area (Å²) in [5.74, 6) is -0.662. The molecule has 0 atom stereocenters. The fraction of sp³-hybridized carbons (Fsp3) is 0. The van der Waals surface area contributed by atoms with Crippen LogP contribution in [-0.4, -0.2) is 9.13 Å². The third kappa shape index (κ3) is 5.86. The first-order valence-electron chi connectivity index (χ1n) is 23.6. The van der Waals surface area contributed by atoms with E-state index >= 15 is 8.78 Å². The van der Waals surface area contributed by atoms with Crippen molar-refractivity contribution in [2.75, 3.05) is 9.80 Å². The summed E-state index contributed by atoms with van der Waals surface area (Å²) in [4.78, 5) is 4.20. The van der Waals surface area contributed by atoms with Gasteiger partial charge in [-0.1, -0.05) is 146 Å². The SMILES string of the molecule is Fc1ccccc1N(c1ccc2ccc3c(N(c4ccccc4F)c4cccc5c4c4ccccc4n5-c4ccccc4)ccc4ccc1c2c43)c1cccc2c1c1ccccc1n2-c1ccccc1. The summed E-state index contributed by atoms with van der Waals surface area (Å²) in [7, 11) is 0. The summed E-state index contributed by atoms with van der Waals surface area (Å²) in [5.41, 5.74) is 10.5. The van der Waals surface area contributed by atoms with Gasteiger partial charge in [0, 0.05) is 43.7 Å². The van der Waals surface area contributed by atoms with E-state index in [9.17, 15) is 0 Å². The van der Waals surface area contributed by atoms with Gasteiger partial charge < -0.3 is 18.9 Å². The van der Waals surface area contributed by atoms with Crippen molar-refractivity contribution in [2.24, 2.45) is 0 Å². The van der Waals surface area contributed by atoms with Crippen molar-refractivity contribution in [3.8, 4) is 11.4 Å². The molecule has 0 saturated carbocycles. The van der Waals surface area contributed by atoms with Crippen LogP contribution >= 0.6 is 0 Å². The Kier molecular flexibility index (Phi) is 8.92. The molecule has 0 aliphatic carbocycles. The van der Waals surface area contributed by atoms with Crippen molar-refractivity contribution in [1.82, 2.24) is 9.13 Å². The molecule has 14 rings (SSSR count). The fourth-order valence-corrected chi connectivity index (χ4v) is 11.3. The average Bonchev–Trinajstić information content (AvgIpc) is 3.94. The maximum absolute atomic E-state index is 16.7. The number of fused-ring (bicyclic) bond motifs is 6. The molecular weight excluding hydrogens is 863 g/mol. The summed E-state index contributed by atoms with van der Waals surface area (Å²) in [6.07, 6.45) is 0. The predicted molar refractivity (Wildman–Crippen MR) is 288 cm³/mol.